The fourth-order valence-electron chi connectivity index (χ4n) is 5.11. The van der Waals surface area contributed by atoms with Crippen LogP contribution in [0, 0.1) is 0 Å². The maximum Gasteiger partial charge on any atom is 0.248 e. The van der Waals surface area contributed by atoms with Crippen LogP contribution in [-0.2, 0) is 11.2 Å². The van der Waals surface area contributed by atoms with Crippen molar-refractivity contribution in [2.45, 2.75) is 57.5 Å². The zero-order valence-corrected chi connectivity index (χ0v) is 19.6. The van der Waals surface area contributed by atoms with Gasteiger partial charge in [0, 0.05) is 24.4 Å². The van der Waals surface area contributed by atoms with Crippen molar-refractivity contribution in [3.05, 3.63) is 47.7 Å². The van der Waals surface area contributed by atoms with Gasteiger partial charge in [0.25, 0.3) is 0 Å². The summed E-state index contributed by atoms with van der Waals surface area (Å²) in [7, 11) is 1.65. The minimum absolute atomic E-state index is 0.118. The molecule has 0 spiro atoms. The van der Waals surface area contributed by atoms with E-state index in [1.165, 1.54) is 12.8 Å². The first-order chi connectivity index (χ1) is 16.6. The summed E-state index contributed by atoms with van der Waals surface area (Å²) in [5, 5.41) is 12.0. The summed E-state index contributed by atoms with van der Waals surface area (Å²) >= 11 is 0. The van der Waals surface area contributed by atoms with Crippen LogP contribution in [-0.4, -0.2) is 50.4 Å². The highest BCUT2D eigenvalue weighted by Crippen LogP contribution is 2.42. The van der Waals surface area contributed by atoms with Crippen molar-refractivity contribution in [1.29, 1.82) is 0 Å². The summed E-state index contributed by atoms with van der Waals surface area (Å²) in [4.78, 5) is 23.7. The molecule has 1 amide bonds. The lowest BCUT2D eigenvalue weighted by molar-refractivity contribution is 0.1000. The van der Waals surface area contributed by atoms with Crippen LogP contribution >= 0.6 is 0 Å². The highest BCUT2D eigenvalue weighted by atomic mass is 16.5. The molecule has 1 fully saturated rings. The first-order valence-electron chi connectivity index (χ1n) is 11.8. The Labute approximate surface area is 198 Å². The number of amides is 1. The number of anilines is 3. The fraction of sp³-hybridized carbons (Fsp3) is 0.458. The molecule has 2 aliphatic rings. The number of carbonyl (C=O) groups excluding carboxylic acids is 1. The van der Waals surface area contributed by atoms with Crippen LogP contribution in [0.4, 0.5) is 17.5 Å². The van der Waals surface area contributed by atoms with E-state index in [-0.39, 0.29) is 6.04 Å². The van der Waals surface area contributed by atoms with Crippen molar-refractivity contribution in [2.24, 2.45) is 5.73 Å². The fourth-order valence-corrected chi connectivity index (χ4v) is 5.11. The average Bonchev–Trinajstić information content (AvgIpc) is 3.54. The molecule has 10 heteroatoms. The number of hydrogen-bond donors (Lipinski definition) is 2. The number of fused-ring (bicyclic) bond motifs is 3. The van der Waals surface area contributed by atoms with Crippen molar-refractivity contribution < 1.29 is 9.53 Å². The van der Waals surface area contributed by atoms with Gasteiger partial charge in [-0.05, 0) is 49.4 Å². The number of nitrogens with zero attached hydrogens (tertiary/aromatic N) is 6. The van der Waals surface area contributed by atoms with E-state index in [0.29, 0.717) is 30.6 Å². The Morgan fingerprint density at radius 2 is 2.12 bits per heavy atom. The van der Waals surface area contributed by atoms with Gasteiger partial charge in [-0.25, -0.2) is 4.98 Å². The van der Waals surface area contributed by atoms with Crippen LogP contribution in [0.5, 0.6) is 0 Å². The van der Waals surface area contributed by atoms with Crippen molar-refractivity contribution in [1.82, 2.24) is 24.7 Å². The van der Waals surface area contributed by atoms with Crippen molar-refractivity contribution in [3.63, 3.8) is 0 Å². The standard InChI is InChI=1S/C24H30N8O2/c1-3-19-23-30-27-14-31(23)20-13-26-24(29-22(20)32(19)17-6-4-5-7-17)28-18-9-8-16(21(25)33)12-15(18)10-11-34-2/h8-9,12-14,17,19H,3-7,10-11H2,1-2H3,(H2,25,33)(H,26,28,29). The van der Waals surface area contributed by atoms with E-state index in [0.717, 1.165) is 47.8 Å². The zero-order valence-electron chi connectivity index (χ0n) is 19.6. The highest BCUT2D eigenvalue weighted by molar-refractivity contribution is 5.93. The summed E-state index contributed by atoms with van der Waals surface area (Å²) in [6.45, 7) is 2.70. The van der Waals surface area contributed by atoms with Gasteiger partial charge in [0.1, 0.15) is 12.0 Å². The summed E-state index contributed by atoms with van der Waals surface area (Å²) in [6.07, 6.45) is 9.86. The first-order valence-corrected chi connectivity index (χ1v) is 11.8. The molecule has 178 valence electrons. The minimum Gasteiger partial charge on any atom is -0.384 e. The molecule has 3 aromatic rings. The Hall–Kier alpha value is -3.53. The van der Waals surface area contributed by atoms with Gasteiger partial charge in [-0.3, -0.25) is 9.36 Å². The third-order valence-electron chi connectivity index (χ3n) is 6.78. The molecule has 1 atom stereocenters. The van der Waals surface area contributed by atoms with Crippen LogP contribution in [0.25, 0.3) is 5.69 Å². The van der Waals surface area contributed by atoms with E-state index in [1.54, 1.807) is 25.6 Å². The first kappa shape index (κ1) is 22.3. The Balaban J connectivity index is 1.54. The topological polar surface area (TPSA) is 124 Å². The number of carbonyl (C=O) groups is 1. The van der Waals surface area contributed by atoms with Gasteiger partial charge in [-0.2, -0.15) is 4.98 Å². The number of hydrogen-bond acceptors (Lipinski definition) is 8. The minimum atomic E-state index is -0.460. The van der Waals surface area contributed by atoms with E-state index in [2.05, 4.69) is 32.3 Å². The Morgan fingerprint density at radius 1 is 1.29 bits per heavy atom. The summed E-state index contributed by atoms with van der Waals surface area (Å²) < 4.78 is 7.25. The molecule has 10 nitrogen and oxygen atoms in total. The van der Waals surface area contributed by atoms with Crippen LogP contribution in [0.2, 0.25) is 0 Å². The Morgan fingerprint density at radius 3 is 2.85 bits per heavy atom. The number of rotatable bonds is 8. The lowest BCUT2D eigenvalue weighted by atomic mass is 10.0. The number of methoxy groups -OCH3 is 1. The maximum atomic E-state index is 11.7. The largest absolute Gasteiger partial charge is 0.384 e. The van der Waals surface area contributed by atoms with Crippen LogP contribution in [0.1, 0.15) is 66.8 Å². The van der Waals surface area contributed by atoms with Gasteiger partial charge in [0.05, 0.1) is 18.8 Å². The van der Waals surface area contributed by atoms with Gasteiger partial charge < -0.3 is 20.7 Å². The zero-order chi connectivity index (χ0) is 23.7. The molecule has 3 heterocycles. The number of nitrogens with one attached hydrogen (secondary N) is 1. The molecule has 3 N–H and O–H groups in total. The highest BCUT2D eigenvalue weighted by Gasteiger charge is 2.38. The van der Waals surface area contributed by atoms with E-state index in [4.69, 9.17) is 15.5 Å². The number of nitrogens with two attached hydrogens (primary N) is 1. The molecule has 34 heavy (non-hydrogen) atoms. The Bertz CT molecular complexity index is 1190. The molecule has 5 rings (SSSR count). The molecular weight excluding hydrogens is 432 g/mol. The number of primary amides is 1. The molecule has 1 aliphatic heterocycles. The molecular formula is C24H30N8O2. The van der Waals surface area contributed by atoms with Gasteiger partial charge in [0.2, 0.25) is 11.9 Å². The molecule has 2 aromatic heterocycles. The van der Waals surface area contributed by atoms with Gasteiger partial charge in [-0.1, -0.05) is 19.8 Å². The second kappa shape index (κ2) is 9.38. The molecule has 0 bridgehead atoms. The van der Waals surface area contributed by atoms with Gasteiger partial charge >= 0.3 is 0 Å². The lowest BCUT2D eigenvalue weighted by Crippen LogP contribution is -2.42. The smallest absolute Gasteiger partial charge is 0.248 e. The predicted octanol–water partition coefficient (Wildman–Crippen LogP) is 3.30. The molecule has 0 radical (unpaired) electrons. The van der Waals surface area contributed by atoms with Crippen molar-refractivity contribution in [3.8, 4) is 5.69 Å². The summed E-state index contributed by atoms with van der Waals surface area (Å²) in [6, 6.07) is 5.89. The maximum absolute atomic E-state index is 11.7. The van der Waals surface area contributed by atoms with Crippen molar-refractivity contribution >= 4 is 23.4 Å². The van der Waals surface area contributed by atoms with Gasteiger partial charge in [-0.15, -0.1) is 10.2 Å². The summed E-state index contributed by atoms with van der Waals surface area (Å²) in [5.41, 5.74) is 8.58. The third kappa shape index (κ3) is 3.98. The normalized spacial score (nSPS) is 17.5. The molecule has 1 unspecified atom stereocenters. The molecule has 0 saturated heterocycles. The van der Waals surface area contributed by atoms with E-state index < -0.39 is 5.91 Å². The van der Waals surface area contributed by atoms with E-state index in [9.17, 15) is 4.79 Å². The van der Waals surface area contributed by atoms with Gasteiger partial charge in [0.15, 0.2) is 11.6 Å². The third-order valence-corrected chi connectivity index (χ3v) is 6.78. The molecule has 1 saturated carbocycles. The number of ether oxygens (including phenoxy) is 1. The SMILES string of the molecule is CCC1c2nncn2-c2cnc(Nc3ccc(C(N)=O)cc3CCOC)nc2N1C1CCCC1. The number of aromatic nitrogens is 5. The van der Waals surface area contributed by atoms with Crippen molar-refractivity contribution in [2.75, 3.05) is 23.9 Å². The van der Waals surface area contributed by atoms with E-state index >= 15 is 0 Å². The van der Waals surface area contributed by atoms with E-state index in [1.807, 2.05) is 16.8 Å². The molecule has 1 aliphatic carbocycles. The average molecular weight is 463 g/mol. The van der Waals surface area contributed by atoms with Crippen LogP contribution in [0.3, 0.4) is 0 Å². The lowest BCUT2D eigenvalue weighted by Gasteiger charge is -2.40. The summed E-state index contributed by atoms with van der Waals surface area (Å²) in [5.74, 6) is 1.88. The predicted molar refractivity (Wildman–Crippen MR) is 129 cm³/mol. The monoisotopic (exact) mass is 462 g/mol. The second-order valence-corrected chi connectivity index (χ2v) is 8.84. The quantitative estimate of drug-likeness (QED) is 0.522. The Kier molecular flexibility index (Phi) is 6.14. The molecule has 1 aromatic carbocycles. The second-order valence-electron chi connectivity index (χ2n) is 8.84. The van der Waals surface area contributed by atoms with Crippen LogP contribution < -0.4 is 16.0 Å². The number of benzene rings is 1. The van der Waals surface area contributed by atoms with Crippen LogP contribution in [0.15, 0.2) is 30.7 Å².